The zero-order chi connectivity index (χ0) is 47.2. The molecule has 364 valence electrons. The summed E-state index contributed by atoms with van der Waals surface area (Å²) in [5.41, 5.74) is -4.19. The first-order valence-corrected chi connectivity index (χ1v) is 23.8. The Morgan fingerprint density at radius 2 is 1.68 bits per heavy atom. The maximum absolute atomic E-state index is 14.2. The number of hydrogen-bond donors (Lipinski definition) is 7. The Balaban J connectivity index is 1.81. The van der Waals surface area contributed by atoms with Crippen LogP contribution in [0.5, 0.6) is 0 Å². The zero-order valence-corrected chi connectivity index (χ0v) is 41.3. The minimum atomic E-state index is -1.81. The van der Waals surface area contributed by atoms with Gasteiger partial charge >= 0.3 is 5.97 Å². The fourth-order valence-electron chi connectivity index (χ4n) is 10.9. The first-order chi connectivity index (χ1) is 29.4. The summed E-state index contributed by atoms with van der Waals surface area (Å²) >= 11 is 5.58. The van der Waals surface area contributed by atoms with E-state index in [2.05, 4.69) is 29.4 Å². The number of aliphatic hydroxyl groups excluding tert-OH is 3. The van der Waals surface area contributed by atoms with Gasteiger partial charge in [-0.05, 0) is 122 Å². The smallest absolute Gasteiger partial charge is 0.309 e. The van der Waals surface area contributed by atoms with Crippen LogP contribution in [0.2, 0.25) is 0 Å². The fraction of sp³-hybridized carbons (Fsp3) is 0.872. The lowest BCUT2D eigenvalue weighted by molar-refractivity contribution is -0.226. The number of ether oxygens (including phenoxy) is 4. The summed E-state index contributed by atoms with van der Waals surface area (Å²) in [5.74, 6) is -1.78. The van der Waals surface area contributed by atoms with Gasteiger partial charge in [-0.25, -0.2) is 0 Å². The third-order valence-corrected chi connectivity index (χ3v) is 15.5. The van der Waals surface area contributed by atoms with Crippen molar-refractivity contribution in [3.05, 3.63) is 24.2 Å². The Morgan fingerprint density at radius 1 is 1.00 bits per heavy atom. The molecule has 0 saturated carbocycles. The van der Waals surface area contributed by atoms with Crippen LogP contribution in [0, 0.1) is 29.6 Å². The number of carbonyl (C=O) groups is 1. The van der Waals surface area contributed by atoms with E-state index in [0.29, 0.717) is 50.6 Å². The number of nitrogens with one attached hydrogen (secondary N) is 2. The van der Waals surface area contributed by atoms with Crippen molar-refractivity contribution in [1.29, 1.82) is 0 Å². The quantitative estimate of drug-likeness (QED) is 0.118. The Morgan fingerprint density at radius 3 is 2.29 bits per heavy atom. The highest BCUT2D eigenvalue weighted by Crippen LogP contribution is 2.47. The van der Waals surface area contributed by atoms with Crippen LogP contribution in [0.3, 0.4) is 0 Å². The number of methoxy groups -OCH3 is 1. The average Bonchev–Trinajstić information content (AvgIpc) is 3.75. The maximum Gasteiger partial charge on any atom is 0.309 e. The van der Waals surface area contributed by atoms with Gasteiger partial charge in [0.05, 0.1) is 60.4 Å². The standard InChI is InChI=1S/C47H84N4O11S/c1-14-39-46(10,56)41(53)32(7)51(18-17-48-44(63)49-25-34-16-15-19-59-34)26-27(2)22-47(57,24-38-40(52)37(50(11)12)20-28(3)60-38)36(30(5)29(4)31(6)43(55)62-39)21-35-23-45(9,58-13)42(54)33(8)61-35/h15-16,19,27-33,35-42,52-54,56-57H,14,17-18,20-26H2,1-13H3,(H2,48,49,63)/t27-,28+,29+,30+,31+,32+,33-,35+,36-,37-,38-,39-,40-,41+,42+,45?,46?,47?/m0/s1. The maximum atomic E-state index is 14.2. The van der Waals surface area contributed by atoms with Gasteiger partial charge in [0.25, 0.3) is 0 Å². The third kappa shape index (κ3) is 13.1. The molecule has 4 rings (SSSR count). The summed E-state index contributed by atoms with van der Waals surface area (Å²) in [6.07, 6.45) is -2.29. The first kappa shape index (κ1) is 53.7. The Hall–Kier alpha value is -1.96. The van der Waals surface area contributed by atoms with Gasteiger partial charge in [0, 0.05) is 51.7 Å². The van der Waals surface area contributed by atoms with Crippen molar-refractivity contribution in [3.8, 4) is 0 Å². The lowest BCUT2D eigenvalue weighted by Gasteiger charge is -2.51. The van der Waals surface area contributed by atoms with Crippen molar-refractivity contribution >= 4 is 23.3 Å². The molecule has 3 aliphatic heterocycles. The molecular weight excluding hydrogens is 829 g/mol. The van der Waals surface area contributed by atoms with Crippen LogP contribution in [0.4, 0.5) is 0 Å². The highest BCUT2D eigenvalue weighted by atomic mass is 32.1. The number of likely N-dealkylation sites (N-methyl/N-ethyl adjacent to an activating group) is 1. The number of rotatable bonds is 12. The molecule has 0 bridgehead atoms. The summed E-state index contributed by atoms with van der Waals surface area (Å²) in [7, 11) is 5.48. The summed E-state index contributed by atoms with van der Waals surface area (Å²) < 4.78 is 30.6. The number of thiocarbonyl (C=S) groups is 1. The van der Waals surface area contributed by atoms with Crippen LogP contribution in [-0.4, -0.2) is 165 Å². The van der Waals surface area contributed by atoms with Crippen LogP contribution in [0.15, 0.2) is 22.8 Å². The molecule has 0 aliphatic carbocycles. The number of furan rings is 1. The molecule has 3 fully saturated rings. The van der Waals surface area contributed by atoms with Crippen LogP contribution >= 0.6 is 12.2 Å². The second-order valence-corrected chi connectivity index (χ2v) is 20.7. The molecule has 4 heterocycles. The van der Waals surface area contributed by atoms with E-state index in [1.54, 1.807) is 13.4 Å². The molecule has 0 radical (unpaired) electrons. The number of aliphatic hydroxyl groups is 5. The van der Waals surface area contributed by atoms with Gasteiger partial charge in [0.15, 0.2) is 5.11 Å². The highest BCUT2D eigenvalue weighted by Gasteiger charge is 2.53. The van der Waals surface area contributed by atoms with Gasteiger partial charge in [0.1, 0.15) is 29.7 Å². The van der Waals surface area contributed by atoms with E-state index in [9.17, 15) is 30.3 Å². The van der Waals surface area contributed by atoms with Crippen molar-refractivity contribution in [2.45, 2.75) is 192 Å². The van der Waals surface area contributed by atoms with Gasteiger partial charge < -0.3 is 64.4 Å². The van der Waals surface area contributed by atoms with E-state index < -0.39 is 83.4 Å². The second kappa shape index (κ2) is 22.7. The number of esters is 1. The Kier molecular flexibility index (Phi) is 19.3. The van der Waals surface area contributed by atoms with E-state index in [0.717, 1.165) is 5.76 Å². The zero-order valence-electron chi connectivity index (χ0n) is 40.5. The Labute approximate surface area is 382 Å². The summed E-state index contributed by atoms with van der Waals surface area (Å²) in [6, 6.07) is 2.84. The number of cyclic esters (lactones) is 1. The fourth-order valence-corrected chi connectivity index (χ4v) is 11.1. The highest BCUT2D eigenvalue weighted by molar-refractivity contribution is 7.80. The van der Waals surface area contributed by atoms with Gasteiger partial charge in [-0.2, -0.15) is 0 Å². The van der Waals surface area contributed by atoms with Crippen LogP contribution in [-0.2, 0) is 30.3 Å². The molecule has 0 spiro atoms. The van der Waals surface area contributed by atoms with Crippen LogP contribution in [0.25, 0.3) is 0 Å². The SMILES string of the molecule is CC[C@@H]1OC(=O)[C@H](C)[C@H](C)[C@@H](C)[C@H](C[C@@H]2CC(C)(OC)[C@H](O)[C@H](C)O2)C(O)(C[C@@H]2O[C@H](C)C[C@H](N(C)C)[C@@H]2O)C[C@H](C)CN(CCNC(=S)NCc2ccco2)[C@H](C)[C@@H](O)C1(C)O. The minimum Gasteiger partial charge on any atom is -0.467 e. The molecule has 0 amide bonds. The van der Waals surface area contributed by atoms with Gasteiger partial charge in [-0.3, -0.25) is 9.69 Å². The van der Waals surface area contributed by atoms with Crippen molar-refractivity contribution in [2.75, 3.05) is 40.8 Å². The van der Waals surface area contributed by atoms with Crippen molar-refractivity contribution in [1.82, 2.24) is 20.4 Å². The molecule has 1 aromatic rings. The summed E-state index contributed by atoms with van der Waals surface area (Å²) in [6.45, 7) is 20.5. The molecule has 0 aromatic carbocycles. The number of hydrogen-bond acceptors (Lipinski definition) is 14. The Bertz CT molecular complexity index is 1570. The molecule has 18 atom stereocenters. The van der Waals surface area contributed by atoms with E-state index in [1.165, 1.54) is 6.92 Å². The monoisotopic (exact) mass is 913 g/mol. The topological polar surface area (TPSA) is 199 Å². The largest absolute Gasteiger partial charge is 0.467 e. The molecule has 63 heavy (non-hydrogen) atoms. The molecule has 1 aromatic heterocycles. The lowest BCUT2D eigenvalue weighted by atomic mass is 9.63. The molecule has 3 unspecified atom stereocenters. The van der Waals surface area contributed by atoms with Crippen molar-refractivity contribution in [3.63, 3.8) is 0 Å². The predicted octanol–water partition coefficient (Wildman–Crippen LogP) is 3.86. The molecule has 16 heteroatoms. The molecule has 3 aliphatic rings. The van der Waals surface area contributed by atoms with Gasteiger partial charge in [-0.15, -0.1) is 0 Å². The average molecular weight is 913 g/mol. The minimum absolute atomic E-state index is 0.113. The van der Waals surface area contributed by atoms with Crippen LogP contribution in [0.1, 0.15) is 114 Å². The normalized spacial score (nSPS) is 42.8. The van der Waals surface area contributed by atoms with E-state index >= 15 is 0 Å². The van der Waals surface area contributed by atoms with Crippen molar-refractivity contribution in [2.24, 2.45) is 29.6 Å². The van der Waals surface area contributed by atoms with E-state index in [1.807, 2.05) is 79.6 Å². The molecule has 3 saturated heterocycles. The predicted molar refractivity (Wildman–Crippen MR) is 246 cm³/mol. The van der Waals surface area contributed by atoms with Crippen LogP contribution < -0.4 is 10.6 Å². The second-order valence-electron chi connectivity index (χ2n) is 20.3. The van der Waals surface area contributed by atoms with E-state index in [4.69, 9.17) is 35.6 Å². The third-order valence-electron chi connectivity index (χ3n) is 15.2. The molecule has 7 N–H and O–H groups in total. The summed E-state index contributed by atoms with van der Waals surface area (Å²) in [5, 5.41) is 67.9. The lowest BCUT2D eigenvalue weighted by Crippen LogP contribution is -2.60. The van der Waals surface area contributed by atoms with Crippen molar-refractivity contribution < 1.29 is 53.7 Å². The van der Waals surface area contributed by atoms with Gasteiger partial charge in [-0.1, -0.05) is 34.6 Å². The molecule has 15 nitrogen and oxygen atoms in total. The number of nitrogens with zero attached hydrogens (tertiary/aromatic N) is 2. The van der Waals surface area contributed by atoms with E-state index in [-0.39, 0.29) is 49.2 Å². The molecular formula is C47H84N4O11S. The number of carbonyl (C=O) groups excluding carboxylic acids is 1. The van der Waals surface area contributed by atoms with Gasteiger partial charge in [0.2, 0.25) is 0 Å². The summed E-state index contributed by atoms with van der Waals surface area (Å²) in [4.78, 5) is 18.3. The first-order valence-electron chi connectivity index (χ1n) is 23.4.